The van der Waals surface area contributed by atoms with Gasteiger partial charge in [0, 0.05) is 25.8 Å². The molecule has 5 heteroatoms. The fourth-order valence-electron chi connectivity index (χ4n) is 1.92. The van der Waals surface area contributed by atoms with Crippen LogP contribution in [0.25, 0.3) is 0 Å². The SMILES string of the molecule is CC1CN(c2ccc(Cl)cn2)CC(CN)O1. The molecule has 1 aliphatic heterocycles. The van der Waals surface area contributed by atoms with Crippen LogP contribution in [-0.2, 0) is 4.74 Å². The Hall–Kier alpha value is -0.840. The highest BCUT2D eigenvalue weighted by Crippen LogP contribution is 2.19. The number of rotatable bonds is 2. The lowest BCUT2D eigenvalue weighted by molar-refractivity contribution is -0.0107. The molecule has 1 aliphatic rings. The van der Waals surface area contributed by atoms with Crippen LogP contribution in [0.2, 0.25) is 5.02 Å². The van der Waals surface area contributed by atoms with E-state index in [1.54, 1.807) is 6.20 Å². The smallest absolute Gasteiger partial charge is 0.128 e. The number of ether oxygens (including phenoxy) is 1. The van der Waals surface area contributed by atoms with E-state index in [2.05, 4.69) is 9.88 Å². The lowest BCUT2D eigenvalue weighted by Gasteiger charge is -2.37. The molecule has 1 aromatic heterocycles. The third-order valence-electron chi connectivity index (χ3n) is 2.62. The monoisotopic (exact) mass is 241 g/mol. The Kier molecular flexibility index (Phi) is 3.63. The quantitative estimate of drug-likeness (QED) is 0.848. The summed E-state index contributed by atoms with van der Waals surface area (Å²) in [6.45, 7) is 4.21. The van der Waals surface area contributed by atoms with Crippen molar-refractivity contribution >= 4 is 17.4 Å². The van der Waals surface area contributed by atoms with Crippen molar-refractivity contribution in [3.63, 3.8) is 0 Å². The molecule has 1 aromatic rings. The van der Waals surface area contributed by atoms with E-state index in [1.807, 2.05) is 19.1 Å². The van der Waals surface area contributed by atoms with Crippen LogP contribution in [0.15, 0.2) is 18.3 Å². The van der Waals surface area contributed by atoms with Crippen LogP contribution < -0.4 is 10.6 Å². The molecule has 1 fully saturated rings. The van der Waals surface area contributed by atoms with Gasteiger partial charge < -0.3 is 15.4 Å². The van der Waals surface area contributed by atoms with Crippen molar-refractivity contribution in [3.8, 4) is 0 Å². The molecule has 0 saturated carbocycles. The van der Waals surface area contributed by atoms with Crippen molar-refractivity contribution in [1.82, 2.24) is 4.98 Å². The lowest BCUT2D eigenvalue weighted by atomic mass is 10.2. The van der Waals surface area contributed by atoms with Gasteiger partial charge in [-0.05, 0) is 19.1 Å². The molecule has 88 valence electrons. The van der Waals surface area contributed by atoms with Gasteiger partial charge in [0.15, 0.2) is 0 Å². The predicted molar refractivity (Wildman–Crippen MR) is 64.8 cm³/mol. The molecule has 2 heterocycles. The minimum atomic E-state index is 0.0845. The number of hydrogen-bond acceptors (Lipinski definition) is 4. The number of aromatic nitrogens is 1. The number of pyridine rings is 1. The zero-order valence-electron chi connectivity index (χ0n) is 9.27. The first-order chi connectivity index (χ1) is 7.69. The van der Waals surface area contributed by atoms with E-state index < -0.39 is 0 Å². The molecule has 0 aromatic carbocycles. The van der Waals surface area contributed by atoms with Crippen LogP contribution in [0.1, 0.15) is 6.92 Å². The van der Waals surface area contributed by atoms with Gasteiger partial charge in [-0.3, -0.25) is 0 Å². The van der Waals surface area contributed by atoms with Gasteiger partial charge in [0.25, 0.3) is 0 Å². The maximum absolute atomic E-state index is 5.81. The van der Waals surface area contributed by atoms with E-state index in [0.717, 1.165) is 18.9 Å². The first kappa shape index (κ1) is 11.6. The topological polar surface area (TPSA) is 51.4 Å². The second-order valence-electron chi connectivity index (χ2n) is 4.04. The van der Waals surface area contributed by atoms with Gasteiger partial charge >= 0.3 is 0 Å². The lowest BCUT2D eigenvalue weighted by Crippen LogP contribution is -2.49. The van der Waals surface area contributed by atoms with Crippen LogP contribution in [0, 0.1) is 0 Å². The number of morpholine rings is 1. The van der Waals surface area contributed by atoms with Crippen LogP contribution in [0.3, 0.4) is 0 Å². The van der Waals surface area contributed by atoms with E-state index in [1.165, 1.54) is 0 Å². The van der Waals surface area contributed by atoms with Gasteiger partial charge in [0.2, 0.25) is 0 Å². The summed E-state index contributed by atoms with van der Waals surface area (Å²) in [6.07, 6.45) is 1.93. The minimum Gasteiger partial charge on any atom is -0.370 e. The van der Waals surface area contributed by atoms with Crippen molar-refractivity contribution in [3.05, 3.63) is 23.4 Å². The third kappa shape index (κ3) is 2.64. The molecule has 2 atom stereocenters. The summed E-state index contributed by atoms with van der Waals surface area (Å²) in [6, 6.07) is 3.77. The summed E-state index contributed by atoms with van der Waals surface area (Å²) in [5, 5.41) is 0.653. The average Bonchev–Trinajstić information content (AvgIpc) is 2.29. The highest BCUT2D eigenvalue weighted by atomic mass is 35.5. The normalized spacial score (nSPS) is 25.8. The standard InChI is InChI=1S/C11H16ClN3O/c1-8-6-15(7-10(4-13)16-8)11-3-2-9(12)5-14-11/h2-3,5,8,10H,4,6-7,13H2,1H3. The number of halogens is 1. The van der Waals surface area contributed by atoms with E-state index >= 15 is 0 Å². The second kappa shape index (κ2) is 4.99. The van der Waals surface area contributed by atoms with E-state index in [4.69, 9.17) is 22.1 Å². The molecule has 0 bridgehead atoms. The van der Waals surface area contributed by atoms with Gasteiger partial charge in [0.05, 0.1) is 17.2 Å². The molecule has 1 saturated heterocycles. The fourth-order valence-corrected chi connectivity index (χ4v) is 2.03. The van der Waals surface area contributed by atoms with Crippen molar-refractivity contribution in [1.29, 1.82) is 0 Å². The molecule has 0 radical (unpaired) electrons. The number of hydrogen-bond donors (Lipinski definition) is 1. The Labute approximate surface area is 100 Å². The zero-order valence-corrected chi connectivity index (χ0v) is 10.0. The summed E-state index contributed by atoms with van der Waals surface area (Å²) in [5.74, 6) is 0.929. The van der Waals surface area contributed by atoms with Crippen molar-refractivity contribution < 1.29 is 4.74 Å². The Bertz CT molecular complexity index is 344. The second-order valence-corrected chi connectivity index (χ2v) is 4.48. The van der Waals surface area contributed by atoms with Crippen LogP contribution in [0.4, 0.5) is 5.82 Å². The summed E-state index contributed by atoms with van der Waals surface area (Å²) < 4.78 is 5.69. The predicted octanol–water partition coefficient (Wildman–Crippen LogP) is 1.29. The molecule has 4 nitrogen and oxygen atoms in total. The van der Waals surface area contributed by atoms with Gasteiger partial charge in [-0.1, -0.05) is 11.6 Å². The average molecular weight is 242 g/mol. The Morgan fingerprint density at radius 3 is 3.00 bits per heavy atom. The molecular weight excluding hydrogens is 226 g/mol. The summed E-state index contributed by atoms with van der Waals surface area (Å²) in [5.41, 5.74) is 5.64. The summed E-state index contributed by atoms with van der Waals surface area (Å²) in [4.78, 5) is 6.49. The Morgan fingerprint density at radius 1 is 1.56 bits per heavy atom. The van der Waals surface area contributed by atoms with Gasteiger partial charge in [0.1, 0.15) is 5.82 Å². The van der Waals surface area contributed by atoms with Crippen LogP contribution in [-0.4, -0.2) is 36.8 Å². The highest BCUT2D eigenvalue weighted by molar-refractivity contribution is 6.30. The molecule has 2 N–H and O–H groups in total. The first-order valence-corrected chi connectivity index (χ1v) is 5.79. The van der Waals surface area contributed by atoms with Gasteiger partial charge in [-0.15, -0.1) is 0 Å². The van der Waals surface area contributed by atoms with Gasteiger partial charge in [-0.25, -0.2) is 4.98 Å². The summed E-state index contributed by atoms with van der Waals surface area (Å²) >= 11 is 5.81. The third-order valence-corrected chi connectivity index (χ3v) is 2.85. The molecule has 2 rings (SSSR count). The summed E-state index contributed by atoms with van der Waals surface area (Å²) in [7, 11) is 0. The van der Waals surface area contributed by atoms with Crippen molar-refractivity contribution in [2.75, 3.05) is 24.5 Å². The molecule has 0 spiro atoms. The molecule has 0 aliphatic carbocycles. The molecule has 2 unspecified atom stereocenters. The highest BCUT2D eigenvalue weighted by Gasteiger charge is 2.24. The Balaban J connectivity index is 2.11. The number of nitrogens with zero attached hydrogens (tertiary/aromatic N) is 2. The van der Waals surface area contributed by atoms with Crippen molar-refractivity contribution in [2.45, 2.75) is 19.1 Å². The number of nitrogens with two attached hydrogens (primary N) is 1. The van der Waals surface area contributed by atoms with Crippen LogP contribution >= 0.6 is 11.6 Å². The van der Waals surface area contributed by atoms with E-state index in [0.29, 0.717) is 11.6 Å². The van der Waals surface area contributed by atoms with Crippen LogP contribution in [0.5, 0.6) is 0 Å². The fraction of sp³-hybridized carbons (Fsp3) is 0.545. The maximum Gasteiger partial charge on any atom is 0.128 e. The molecule has 0 amide bonds. The maximum atomic E-state index is 5.81. The molecular formula is C11H16ClN3O. The molecule has 16 heavy (non-hydrogen) atoms. The van der Waals surface area contributed by atoms with E-state index in [-0.39, 0.29) is 12.2 Å². The Morgan fingerprint density at radius 2 is 2.38 bits per heavy atom. The minimum absolute atomic E-state index is 0.0845. The van der Waals surface area contributed by atoms with Crippen molar-refractivity contribution in [2.24, 2.45) is 5.73 Å². The zero-order chi connectivity index (χ0) is 11.5. The largest absolute Gasteiger partial charge is 0.370 e. The number of anilines is 1. The first-order valence-electron chi connectivity index (χ1n) is 5.41. The van der Waals surface area contributed by atoms with Gasteiger partial charge in [-0.2, -0.15) is 0 Å². The van der Waals surface area contributed by atoms with E-state index in [9.17, 15) is 0 Å².